The highest BCUT2D eigenvalue weighted by Crippen LogP contribution is 2.33. The molecule has 1 saturated carbocycles. The van der Waals surface area contributed by atoms with Crippen LogP contribution in [-0.4, -0.2) is 11.8 Å². The summed E-state index contributed by atoms with van der Waals surface area (Å²) in [7, 11) is 0. The molecule has 1 aliphatic carbocycles. The van der Waals surface area contributed by atoms with Gasteiger partial charge >= 0.3 is 0 Å². The first-order chi connectivity index (χ1) is 4.36. The Morgan fingerprint density at radius 2 is 2.33 bits per heavy atom. The Bertz CT molecular complexity index is 147. The van der Waals surface area contributed by atoms with E-state index in [4.69, 9.17) is 0 Å². The number of hydrogen-bond acceptors (Lipinski definition) is 2. The first kappa shape index (κ1) is 5.27. The lowest BCUT2D eigenvalue weighted by Crippen LogP contribution is -2.13. The topological polar surface area (TPSA) is 24.4 Å². The summed E-state index contributed by atoms with van der Waals surface area (Å²) >= 11 is 0. The van der Waals surface area contributed by atoms with Crippen LogP contribution in [0.1, 0.15) is 26.2 Å². The Balaban J connectivity index is 1.98. The summed E-state index contributed by atoms with van der Waals surface area (Å²) < 4.78 is 0. The van der Waals surface area contributed by atoms with Crippen molar-refractivity contribution >= 4 is 5.71 Å². The molecule has 0 amide bonds. The zero-order valence-corrected chi connectivity index (χ0v) is 5.72. The maximum absolute atomic E-state index is 4.25. The summed E-state index contributed by atoms with van der Waals surface area (Å²) in [6.45, 7) is 2.18. The van der Waals surface area contributed by atoms with E-state index in [1.165, 1.54) is 25.0 Å². The van der Waals surface area contributed by atoms with Gasteiger partial charge in [-0.3, -0.25) is 0 Å². The van der Waals surface area contributed by atoms with Crippen molar-refractivity contribution in [2.24, 2.45) is 11.0 Å². The first-order valence-electron chi connectivity index (χ1n) is 3.68. The molecule has 0 bridgehead atoms. The second-order valence-corrected chi connectivity index (χ2v) is 3.11. The van der Waals surface area contributed by atoms with E-state index in [1.807, 2.05) is 0 Å². The van der Waals surface area contributed by atoms with E-state index in [0.717, 1.165) is 5.92 Å². The molecule has 1 unspecified atom stereocenters. The van der Waals surface area contributed by atoms with Crippen LogP contribution < -0.4 is 5.43 Å². The van der Waals surface area contributed by atoms with E-state index < -0.39 is 0 Å². The number of hydrazone groups is 1. The van der Waals surface area contributed by atoms with Crippen LogP contribution in [0, 0.1) is 5.92 Å². The van der Waals surface area contributed by atoms with Crippen LogP contribution in [0.4, 0.5) is 0 Å². The second-order valence-electron chi connectivity index (χ2n) is 3.11. The van der Waals surface area contributed by atoms with E-state index in [9.17, 15) is 0 Å². The molecule has 0 aromatic carbocycles. The Kier molecular flexibility index (Phi) is 1.01. The van der Waals surface area contributed by atoms with Gasteiger partial charge in [-0.05, 0) is 25.7 Å². The van der Waals surface area contributed by atoms with Gasteiger partial charge in [0.15, 0.2) is 0 Å². The Morgan fingerprint density at radius 3 is 2.78 bits per heavy atom. The number of nitrogens with one attached hydrogen (secondary N) is 1. The zero-order chi connectivity index (χ0) is 6.27. The molecule has 2 nitrogen and oxygen atoms in total. The van der Waals surface area contributed by atoms with Crippen molar-refractivity contribution in [3.8, 4) is 0 Å². The fourth-order valence-corrected chi connectivity index (χ4v) is 1.27. The summed E-state index contributed by atoms with van der Waals surface area (Å²) in [6, 6.07) is 0.598. The lowest BCUT2D eigenvalue weighted by Gasteiger charge is -1.96. The third-order valence-corrected chi connectivity index (χ3v) is 1.99. The molecule has 2 rings (SSSR count). The van der Waals surface area contributed by atoms with Crippen molar-refractivity contribution < 1.29 is 0 Å². The van der Waals surface area contributed by atoms with Gasteiger partial charge in [0.25, 0.3) is 0 Å². The lowest BCUT2D eigenvalue weighted by atomic mass is 10.1. The lowest BCUT2D eigenvalue weighted by molar-refractivity contribution is 0.635. The summed E-state index contributed by atoms with van der Waals surface area (Å²) in [5.41, 5.74) is 4.50. The van der Waals surface area contributed by atoms with Crippen molar-refractivity contribution in [2.45, 2.75) is 32.2 Å². The van der Waals surface area contributed by atoms with E-state index in [2.05, 4.69) is 17.5 Å². The van der Waals surface area contributed by atoms with Crippen LogP contribution in [0.5, 0.6) is 0 Å². The third-order valence-electron chi connectivity index (χ3n) is 1.99. The van der Waals surface area contributed by atoms with Crippen molar-refractivity contribution in [1.82, 2.24) is 5.43 Å². The van der Waals surface area contributed by atoms with E-state index in [-0.39, 0.29) is 0 Å². The fraction of sp³-hybridized carbons (Fsp3) is 0.857. The molecule has 0 radical (unpaired) electrons. The van der Waals surface area contributed by atoms with E-state index in [0.29, 0.717) is 6.04 Å². The smallest absolute Gasteiger partial charge is 0.0464 e. The molecule has 1 aliphatic heterocycles. The van der Waals surface area contributed by atoms with Crippen molar-refractivity contribution in [3.63, 3.8) is 0 Å². The van der Waals surface area contributed by atoms with Crippen molar-refractivity contribution in [2.75, 3.05) is 0 Å². The predicted octanol–water partition coefficient (Wildman–Crippen LogP) is 1.13. The maximum atomic E-state index is 4.25. The highest BCUT2D eigenvalue weighted by Gasteiger charge is 2.30. The first-order valence-corrected chi connectivity index (χ1v) is 3.68. The van der Waals surface area contributed by atoms with Crippen LogP contribution in [0.2, 0.25) is 0 Å². The molecule has 9 heavy (non-hydrogen) atoms. The second kappa shape index (κ2) is 1.72. The summed E-state index contributed by atoms with van der Waals surface area (Å²) in [4.78, 5) is 0. The van der Waals surface area contributed by atoms with Gasteiger partial charge in [-0.1, -0.05) is 0 Å². The Morgan fingerprint density at radius 1 is 1.56 bits per heavy atom. The van der Waals surface area contributed by atoms with Crippen LogP contribution >= 0.6 is 0 Å². The van der Waals surface area contributed by atoms with Crippen molar-refractivity contribution in [3.05, 3.63) is 0 Å². The molecule has 0 spiro atoms. The predicted molar refractivity (Wildman–Crippen MR) is 37.4 cm³/mol. The van der Waals surface area contributed by atoms with Gasteiger partial charge in [-0.2, -0.15) is 5.10 Å². The van der Waals surface area contributed by atoms with Crippen LogP contribution in [-0.2, 0) is 0 Å². The molecule has 0 aromatic heterocycles. The standard InChI is InChI=1S/C7H12N2/c1-5-4-7(9-8-5)6-2-3-6/h5-6,8H,2-4H2,1H3. The van der Waals surface area contributed by atoms with E-state index >= 15 is 0 Å². The van der Waals surface area contributed by atoms with Crippen LogP contribution in [0.25, 0.3) is 0 Å². The fourth-order valence-electron chi connectivity index (χ4n) is 1.27. The molecule has 2 aliphatic rings. The highest BCUT2D eigenvalue weighted by molar-refractivity contribution is 5.90. The normalized spacial score (nSPS) is 33.9. The quantitative estimate of drug-likeness (QED) is 0.557. The number of hydrogen-bond donors (Lipinski definition) is 1. The Labute approximate surface area is 55.3 Å². The zero-order valence-electron chi connectivity index (χ0n) is 5.72. The van der Waals surface area contributed by atoms with Gasteiger partial charge in [0.05, 0.1) is 0 Å². The molecule has 1 N–H and O–H groups in total. The molecule has 50 valence electrons. The maximum Gasteiger partial charge on any atom is 0.0464 e. The van der Waals surface area contributed by atoms with Gasteiger partial charge in [0.2, 0.25) is 0 Å². The Hall–Kier alpha value is -0.530. The molecule has 0 aromatic rings. The molecule has 1 fully saturated rings. The minimum absolute atomic E-state index is 0.598. The van der Waals surface area contributed by atoms with Gasteiger partial charge in [0.1, 0.15) is 0 Å². The van der Waals surface area contributed by atoms with Crippen molar-refractivity contribution in [1.29, 1.82) is 0 Å². The minimum atomic E-state index is 0.598. The largest absolute Gasteiger partial charge is 0.307 e. The summed E-state index contributed by atoms with van der Waals surface area (Å²) in [6.07, 6.45) is 3.95. The molecular weight excluding hydrogens is 112 g/mol. The third kappa shape index (κ3) is 0.934. The molecule has 0 saturated heterocycles. The van der Waals surface area contributed by atoms with Crippen LogP contribution in [0.15, 0.2) is 5.10 Å². The van der Waals surface area contributed by atoms with Gasteiger partial charge in [-0.15, -0.1) is 0 Å². The van der Waals surface area contributed by atoms with Crippen LogP contribution in [0.3, 0.4) is 0 Å². The summed E-state index contributed by atoms with van der Waals surface area (Å²) in [5.74, 6) is 0.863. The summed E-state index contributed by atoms with van der Waals surface area (Å²) in [5, 5.41) is 4.25. The number of nitrogens with zero attached hydrogens (tertiary/aromatic N) is 1. The molecule has 2 heteroatoms. The minimum Gasteiger partial charge on any atom is -0.307 e. The molecular formula is C7H12N2. The van der Waals surface area contributed by atoms with E-state index in [1.54, 1.807) is 0 Å². The highest BCUT2D eigenvalue weighted by atomic mass is 15.3. The van der Waals surface area contributed by atoms with Gasteiger partial charge in [0, 0.05) is 18.2 Å². The molecule has 1 heterocycles. The molecule has 1 atom stereocenters. The van der Waals surface area contributed by atoms with Gasteiger partial charge < -0.3 is 5.43 Å². The average Bonchev–Trinajstić information content (AvgIpc) is 2.58. The number of rotatable bonds is 1. The monoisotopic (exact) mass is 124 g/mol. The SMILES string of the molecule is CC1CC(C2CC2)=NN1. The van der Waals surface area contributed by atoms with Gasteiger partial charge in [-0.25, -0.2) is 0 Å². The average molecular weight is 124 g/mol.